The zero-order chi connectivity index (χ0) is 6.81. The number of hydrogen-bond acceptors (Lipinski definition) is 1. The van der Waals surface area contributed by atoms with Crippen LogP contribution in [0.2, 0.25) is 0 Å². The Balaban J connectivity index is 2.25. The van der Waals surface area contributed by atoms with Crippen molar-refractivity contribution in [2.75, 3.05) is 0 Å². The molecule has 2 aliphatic rings. The van der Waals surface area contributed by atoms with E-state index in [1.165, 1.54) is 11.3 Å². The average molecular weight is 134 g/mol. The smallest absolute Gasteiger partial charge is 0.107 e. The topological polar surface area (TPSA) is 9.23 Å². The van der Waals surface area contributed by atoms with Crippen molar-refractivity contribution in [1.82, 2.24) is 0 Å². The SMILES string of the molecule is C1=CC2=C(CC1)OC=CC2. The maximum Gasteiger partial charge on any atom is 0.107 e. The van der Waals surface area contributed by atoms with E-state index in [2.05, 4.69) is 18.2 Å². The summed E-state index contributed by atoms with van der Waals surface area (Å²) in [7, 11) is 0. The van der Waals surface area contributed by atoms with E-state index in [0.29, 0.717) is 0 Å². The third kappa shape index (κ3) is 0.878. The van der Waals surface area contributed by atoms with Crippen LogP contribution in [-0.2, 0) is 4.74 Å². The lowest BCUT2D eigenvalue weighted by Gasteiger charge is -2.16. The van der Waals surface area contributed by atoms with Crippen molar-refractivity contribution in [2.24, 2.45) is 0 Å². The van der Waals surface area contributed by atoms with Gasteiger partial charge in [-0.05, 0) is 24.5 Å². The summed E-state index contributed by atoms with van der Waals surface area (Å²) in [6.45, 7) is 0. The molecule has 0 N–H and O–H groups in total. The molecule has 10 heavy (non-hydrogen) atoms. The van der Waals surface area contributed by atoms with Gasteiger partial charge in [0.15, 0.2) is 0 Å². The highest BCUT2D eigenvalue weighted by Crippen LogP contribution is 2.25. The van der Waals surface area contributed by atoms with E-state index in [4.69, 9.17) is 4.74 Å². The van der Waals surface area contributed by atoms with Crippen LogP contribution in [0.15, 0.2) is 35.8 Å². The van der Waals surface area contributed by atoms with Gasteiger partial charge in [-0.25, -0.2) is 0 Å². The number of allylic oxidation sites excluding steroid dienone is 5. The Kier molecular flexibility index (Phi) is 1.35. The fourth-order valence-corrected chi connectivity index (χ4v) is 1.32. The van der Waals surface area contributed by atoms with Crippen molar-refractivity contribution >= 4 is 0 Å². The van der Waals surface area contributed by atoms with Crippen molar-refractivity contribution in [3.8, 4) is 0 Å². The molecule has 1 heterocycles. The van der Waals surface area contributed by atoms with Crippen LogP contribution < -0.4 is 0 Å². The number of ether oxygens (including phenoxy) is 1. The van der Waals surface area contributed by atoms with Crippen molar-refractivity contribution in [1.29, 1.82) is 0 Å². The second kappa shape index (κ2) is 2.33. The normalized spacial score (nSPS) is 22.4. The van der Waals surface area contributed by atoms with Crippen molar-refractivity contribution in [3.05, 3.63) is 35.8 Å². The molecule has 0 aromatic carbocycles. The van der Waals surface area contributed by atoms with Gasteiger partial charge in [0.1, 0.15) is 5.76 Å². The Morgan fingerprint density at radius 3 is 3.20 bits per heavy atom. The van der Waals surface area contributed by atoms with Crippen LogP contribution in [-0.4, -0.2) is 0 Å². The predicted molar refractivity (Wildman–Crippen MR) is 40.2 cm³/mol. The van der Waals surface area contributed by atoms with Gasteiger partial charge in [-0.2, -0.15) is 0 Å². The number of hydrogen-bond donors (Lipinski definition) is 0. The van der Waals surface area contributed by atoms with E-state index in [9.17, 15) is 0 Å². The molecule has 1 heteroatoms. The van der Waals surface area contributed by atoms with E-state index < -0.39 is 0 Å². The maximum absolute atomic E-state index is 5.33. The molecule has 0 spiro atoms. The van der Waals surface area contributed by atoms with E-state index in [1.807, 2.05) is 0 Å². The first kappa shape index (κ1) is 5.78. The van der Waals surface area contributed by atoms with Crippen LogP contribution in [0.3, 0.4) is 0 Å². The molecular formula is C9H10O. The molecule has 2 rings (SSSR count). The summed E-state index contributed by atoms with van der Waals surface area (Å²) in [5, 5.41) is 0. The first-order chi connectivity index (χ1) is 4.97. The highest BCUT2D eigenvalue weighted by atomic mass is 16.5. The molecule has 0 aromatic heterocycles. The highest BCUT2D eigenvalue weighted by molar-refractivity contribution is 5.30. The molecule has 1 aliphatic heterocycles. The minimum Gasteiger partial charge on any atom is -0.469 e. The zero-order valence-electron chi connectivity index (χ0n) is 5.84. The second-order valence-electron chi connectivity index (χ2n) is 2.58. The third-order valence-corrected chi connectivity index (χ3v) is 1.86. The van der Waals surface area contributed by atoms with Gasteiger partial charge in [0.05, 0.1) is 6.26 Å². The standard InChI is InChI=1S/C9H10O/c1-2-6-9-8(4-1)5-3-7-10-9/h1,3-4,7H,2,5-6H2. The van der Waals surface area contributed by atoms with E-state index >= 15 is 0 Å². The molecule has 0 unspecified atom stereocenters. The second-order valence-corrected chi connectivity index (χ2v) is 2.58. The summed E-state index contributed by atoms with van der Waals surface area (Å²) >= 11 is 0. The van der Waals surface area contributed by atoms with Crippen LogP contribution >= 0.6 is 0 Å². The monoisotopic (exact) mass is 134 g/mol. The van der Waals surface area contributed by atoms with Gasteiger partial charge in [0.25, 0.3) is 0 Å². The molecule has 0 aromatic rings. The third-order valence-electron chi connectivity index (χ3n) is 1.86. The molecule has 0 saturated heterocycles. The van der Waals surface area contributed by atoms with Gasteiger partial charge >= 0.3 is 0 Å². The maximum atomic E-state index is 5.33. The van der Waals surface area contributed by atoms with Gasteiger partial charge in [0.2, 0.25) is 0 Å². The zero-order valence-corrected chi connectivity index (χ0v) is 5.84. The lowest BCUT2D eigenvalue weighted by atomic mass is 10.0. The van der Waals surface area contributed by atoms with E-state index in [1.54, 1.807) is 6.26 Å². The molecule has 0 amide bonds. The fourth-order valence-electron chi connectivity index (χ4n) is 1.32. The van der Waals surface area contributed by atoms with Crippen LogP contribution in [0.4, 0.5) is 0 Å². The summed E-state index contributed by atoms with van der Waals surface area (Å²) in [5.41, 5.74) is 1.36. The summed E-state index contributed by atoms with van der Waals surface area (Å²) in [6, 6.07) is 0. The van der Waals surface area contributed by atoms with Gasteiger partial charge < -0.3 is 4.74 Å². The van der Waals surface area contributed by atoms with Crippen molar-refractivity contribution in [3.63, 3.8) is 0 Å². The molecule has 1 nitrogen and oxygen atoms in total. The summed E-state index contributed by atoms with van der Waals surface area (Å²) in [5.74, 6) is 1.17. The summed E-state index contributed by atoms with van der Waals surface area (Å²) < 4.78 is 5.33. The first-order valence-electron chi connectivity index (χ1n) is 3.67. The Hall–Kier alpha value is -0.980. The van der Waals surface area contributed by atoms with Crippen LogP contribution in [0, 0.1) is 0 Å². The lowest BCUT2D eigenvalue weighted by Crippen LogP contribution is -1.99. The summed E-state index contributed by atoms with van der Waals surface area (Å²) in [6.07, 6.45) is 11.5. The summed E-state index contributed by atoms with van der Waals surface area (Å²) in [4.78, 5) is 0. The van der Waals surface area contributed by atoms with Crippen molar-refractivity contribution < 1.29 is 4.74 Å². The van der Waals surface area contributed by atoms with Gasteiger partial charge in [-0.1, -0.05) is 12.2 Å². The minimum absolute atomic E-state index is 1.05. The van der Waals surface area contributed by atoms with Crippen LogP contribution in [0.25, 0.3) is 0 Å². The Morgan fingerprint density at radius 2 is 2.30 bits per heavy atom. The average Bonchev–Trinajstić information content (AvgIpc) is 2.05. The van der Waals surface area contributed by atoms with Crippen LogP contribution in [0.1, 0.15) is 19.3 Å². The van der Waals surface area contributed by atoms with Gasteiger partial charge in [-0.15, -0.1) is 0 Å². The molecule has 0 fully saturated rings. The van der Waals surface area contributed by atoms with Gasteiger partial charge in [0, 0.05) is 6.42 Å². The Labute approximate surface area is 60.7 Å². The molecule has 0 atom stereocenters. The molecule has 0 radical (unpaired) electrons. The molecule has 0 saturated carbocycles. The van der Waals surface area contributed by atoms with Gasteiger partial charge in [-0.3, -0.25) is 0 Å². The number of rotatable bonds is 0. The lowest BCUT2D eigenvalue weighted by molar-refractivity contribution is 0.318. The quantitative estimate of drug-likeness (QED) is 0.494. The molecule has 0 bridgehead atoms. The first-order valence-corrected chi connectivity index (χ1v) is 3.67. The molecular weight excluding hydrogens is 124 g/mol. The highest BCUT2D eigenvalue weighted by Gasteiger charge is 2.09. The Morgan fingerprint density at radius 1 is 1.30 bits per heavy atom. The predicted octanol–water partition coefficient (Wildman–Crippen LogP) is 2.52. The Bertz CT molecular complexity index is 221. The molecule has 52 valence electrons. The largest absolute Gasteiger partial charge is 0.469 e. The molecule has 1 aliphatic carbocycles. The minimum atomic E-state index is 1.05. The van der Waals surface area contributed by atoms with E-state index in [0.717, 1.165) is 19.3 Å². The van der Waals surface area contributed by atoms with E-state index in [-0.39, 0.29) is 0 Å². The van der Waals surface area contributed by atoms with Crippen LogP contribution in [0.5, 0.6) is 0 Å². The van der Waals surface area contributed by atoms with Crippen molar-refractivity contribution in [2.45, 2.75) is 19.3 Å². The fraction of sp³-hybridized carbons (Fsp3) is 0.333.